The number of thioether (sulfide) groups is 1. The summed E-state index contributed by atoms with van der Waals surface area (Å²) in [5, 5.41) is 3.69. The number of aromatic nitrogens is 2. The summed E-state index contributed by atoms with van der Waals surface area (Å²) in [4.78, 5) is 21.0. The minimum Gasteiger partial charge on any atom is -0.325 e. The standard InChI is InChI=1S/C18H23N3OS/c1-11(2)15-8-6-7-12(3)17(15)21-16(22)10-23-18-19-13(4)9-14(5)20-18/h6-9,11H,10H2,1-5H3,(H,21,22). The molecule has 0 saturated carbocycles. The highest BCUT2D eigenvalue weighted by Crippen LogP contribution is 2.27. The maximum atomic E-state index is 12.3. The lowest BCUT2D eigenvalue weighted by molar-refractivity contribution is -0.113. The minimum absolute atomic E-state index is 0.0334. The van der Waals surface area contributed by atoms with Gasteiger partial charge in [-0.25, -0.2) is 9.97 Å². The van der Waals surface area contributed by atoms with Gasteiger partial charge in [-0.05, 0) is 43.9 Å². The maximum Gasteiger partial charge on any atom is 0.234 e. The fourth-order valence-corrected chi connectivity index (χ4v) is 3.16. The largest absolute Gasteiger partial charge is 0.325 e. The molecule has 1 aromatic heterocycles. The van der Waals surface area contributed by atoms with Crippen LogP contribution in [0.3, 0.4) is 0 Å². The van der Waals surface area contributed by atoms with E-state index in [0.717, 1.165) is 28.2 Å². The third-order valence-corrected chi connectivity index (χ3v) is 4.33. The Morgan fingerprint density at radius 1 is 1.17 bits per heavy atom. The molecule has 23 heavy (non-hydrogen) atoms. The van der Waals surface area contributed by atoms with Gasteiger partial charge in [-0.3, -0.25) is 4.79 Å². The number of nitrogens with one attached hydrogen (secondary N) is 1. The van der Waals surface area contributed by atoms with Gasteiger partial charge in [-0.15, -0.1) is 0 Å². The van der Waals surface area contributed by atoms with E-state index in [1.165, 1.54) is 11.8 Å². The first kappa shape index (κ1) is 17.5. The van der Waals surface area contributed by atoms with Crippen LogP contribution in [-0.4, -0.2) is 21.6 Å². The van der Waals surface area contributed by atoms with Crippen molar-refractivity contribution in [3.63, 3.8) is 0 Å². The molecule has 1 heterocycles. The van der Waals surface area contributed by atoms with E-state index in [1.807, 2.05) is 39.0 Å². The Morgan fingerprint density at radius 2 is 1.83 bits per heavy atom. The van der Waals surface area contributed by atoms with Gasteiger partial charge in [0.25, 0.3) is 0 Å². The summed E-state index contributed by atoms with van der Waals surface area (Å²) in [5.41, 5.74) is 5.00. The number of carbonyl (C=O) groups is 1. The lowest BCUT2D eigenvalue weighted by Crippen LogP contribution is -2.17. The van der Waals surface area contributed by atoms with Crippen molar-refractivity contribution >= 4 is 23.4 Å². The number of rotatable bonds is 5. The summed E-state index contributed by atoms with van der Waals surface area (Å²) in [5.74, 6) is 0.629. The Morgan fingerprint density at radius 3 is 2.43 bits per heavy atom. The highest BCUT2D eigenvalue weighted by Gasteiger charge is 2.13. The Hall–Kier alpha value is -1.88. The number of benzene rings is 1. The SMILES string of the molecule is Cc1cc(C)nc(SCC(=O)Nc2c(C)cccc2C(C)C)n1. The van der Waals surface area contributed by atoms with Crippen LogP contribution < -0.4 is 5.32 Å². The van der Waals surface area contributed by atoms with E-state index in [0.29, 0.717) is 16.8 Å². The van der Waals surface area contributed by atoms with Crippen LogP contribution in [0.25, 0.3) is 0 Å². The Bertz CT molecular complexity index is 693. The predicted octanol–water partition coefficient (Wildman–Crippen LogP) is 4.26. The second-order valence-corrected chi connectivity index (χ2v) is 6.91. The fraction of sp³-hybridized carbons (Fsp3) is 0.389. The summed E-state index contributed by atoms with van der Waals surface area (Å²) in [6.07, 6.45) is 0. The van der Waals surface area contributed by atoms with Crippen molar-refractivity contribution in [1.29, 1.82) is 0 Å². The number of para-hydroxylation sites is 1. The monoisotopic (exact) mass is 329 g/mol. The van der Waals surface area contributed by atoms with Gasteiger partial charge in [0, 0.05) is 17.1 Å². The summed E-state index contributed by atoms with van der Waals surface area (Å²) in [6.45, 7) is 10.1. The van der Waals surface area contributed by atoms with Crippen molar-refractivity contribution in [3.05, 3.63) is 46.8 Å². The molecule has 122 valence electrons. The maximum absolute atomic E-state index is 12.3. The van der Waals surface area contributed by atoms with Gasteiger partial charge in [0.05, 0.1) is 5.75 Å². The molecule has 0 fully saturated rings. The van der Waals surface area contributed by atoms with Gasteiger partial charge in [-0.2, -0.15) is 0 Å². The second-order valence-electron chi connectivity index (χ2n) is 5.96. The Balaban J connectivity index is 2.06. The molecule has 2 aromatic rings. The van der Waals surface area contributed by atoms with Gasteiger partial charge < -0.3 is 5.32 Å². The van der Waals surface area contributed by atoms with Gasteiger partial charge in [0.15, 0.2) is 5.16 Å². The summed E-state index contributed by atoms with van der Waals surface area (Å²) >= 11 is 1.36. The average molecular weight is 329 g/mol. The molecular formula is C18H23N3OS. The molecule has 2 rings (SSSR count). The van der Waals surface area contributed by atoms with Crippen LogP contribution in [-0.2, 0) is 4.79 Å². The van der Waals surface area contributed by atoms with E-state index in [1.54, 1.807) is 0 Å². The first-order chi connectivity index (χ1) is 10.9. The van der Waals surface area contributed by atoms with Crippen LogP contribution in [0.5, 0.6) is 0 Å². The lowest BCUT2D eigenvalue weighted by atomic mass is 9.98. The van der Waals surface area contributed by atoms with Crippen LogP contribution in [0, 0.1) is 20.8 Å². The summed E-state index contributed by atoms with van der Waals surface area (Å²) in [6, 6.07) is 8.03. The highest BCUT2D eigenvalue weighted by molar-refractivity contribution is 7.99. The van der Waals surface area contributed by atoms with Crippen molar-refractivity contribution in [2.45, 2.75) is 45.7 Å². The predicted molar refractivity (Wildman–Crippen MR) is 96.1 cm³/mol. The van der Waals surface area contributed by atoms with Gasteiger partial charge in [0.2, 0.25) is 5.91 Å². The van der Waals surface area contributed by atoms with Crippen molar-refractivity contribution in [3.8, 4) is 0 Å². The molecule has 1 amide bonds. The number of carbonyl (C=O) groups excluding carboxylic acids is 1. The first-order valence-electron chi connectivity index (χ1n) is 7.71. The molecule has 0 spiro atoms. The van der Waals surface area contributed by atoms with E-state index in [2.05, 4.69) is 35.2 Å². The number of nitrogens with zero attached hydrogens (tertiary/aromatic N) is 2. The van der Waals surface area contributed by atoms with Gasteiger partial charge in [-0.1, -0.05) is 43.8 Å². The Kier molecular flexibility index (Phi) is 5.77. The second kappa shape index (κ2) is 7.59. The number of hydrogen-bond donors (Lipinski definition) is 1. The molecule has 0 unspecified atom stereocenters. The van der Waals surface area contributed by atoms with Gasteiger partial charge in [0.1, 0.15) is 0 Å². The smallest absolute Gasteiger partial charge is 0.234 e. The van der Waals surface area contributed by atoms with Crippen LogP contribution in [0.1, 0.15) is 42.3 Å². The van der Waals surface area contributed by atoms with E-state index in [-0.39, 0.29) is 5.91 Å². The number of anilines is 1. The molecule has 0 radical (unpaired) electrons. The zero-order chi connectivity index (χ0) is 17.0. The van der Waals surface area contributed by atoms with Crippen molar-refractivity contribution in [1.82, 2.24) is 9.97 Å². The molecule has 1 aromatic carbocycles. The van der Waals surface area contributed by atoms with Crippen LogP contribution >= 0.6 is 11.8 Å². The summed E-state index contributed by atoms with van der Waals surface area (Å²) < 4.78 is 0. The van der Waals surface area contributed by atoms with E-state index >= 15 is 0 Å². The molecule has 0 bridgehead atoms. The molecular weight excluding hydrogens is 306 g/mol. The molecule has 0 aliphatic carbocycles. The zero-order valence-corrected chi connectivity index (χ0v) is 15.1. The zero-order valence-electron chi connectivity index (χ0n) is 14.3. The van der Waals surface area contributed by atoms with Crippen molar-refractivity contribution in [2.75, 3.05) is 11.1 Å². The molecule has 0 aliphatic rings. The van der Waals surface area contributed by atoms with E-state index in [4.69, 9.17) is 0 Å². The average Bonchev–Trinajstić information content (AvgIpc) is 2.46. The lowest BCUT2D eigenvalue weighted by Gasteiger charge is -2.16. The number of amides is 1. The number of aryl methyl sites for hydroxylation is 3. The summed E-state index contributed by atoms with van der Waals surface area (Å²) in [7, 11) is 0. The fourth-order valence-electron chi connectivity index (χ4n) is 2.41. The van der Waals surface area contributed by atoms with Crippen LogP contribution in [0.4, 0.5) is 5.69 Å². The normalized spacial score (nSPS) is 10.9. The van der Waals surface area contributed by atoms with Crippen LogP contribution in [0.2, 0.25) is 0 Å². The molecule has 4 nitrogen and oxygen atoms in total. The topological polar surface area (TPSA) is 54.9 Å². The van der Waals surface area contributed by atoms with E-state index in [9.17, 15) is 4.79 Å². The number of hydrogen-bond acceptors (Lipinski definition) is 4. The third-order valence-electron chi connectivity index (χ3n) is 3.49. The molecule has 0 aliphatic heterocycles. The molecule has 0 atom stereocenters. The van der Waals surface area contributed by atoms with Crippen molar-refractivity contribution in [2.24, 2.45) is 0 Å². The van der Waals surface area contributed by atoms with Crippen molar-refractivity contribution < 1.29 is 4.79 Å². The first-order valence-corrected chi connectivity index (χ1v) is 8.70. The quantitative estimate of drug-likeness (QED) is 0.658. The third kappa shape index (κ3) is 4.79. The molecule has 1 N–H and O–H groups in total. The minimum atomic E-state index is -0.0334. The van der Waals surface area contributed by atoms with Gasteiger partial charge >= 0.3 is 0 Å². The van der Waals surface area contributed by atoms with Crippen LogP contribution in [0.15, 0.2) is 29.4 Å². The highest BCUT2D eigenvalue weighted by atomic mass is 32.2. The Labute approximate surface area is 142 Å². The molecule has 0 saturated heterocycles. The van der Waals surface area contributed by atoms with E-state index < -0.39 is 0 Å². The molecule has 5 heteroatoms.